The highest BCUT2D eigenvalue weighted by Gasteiger charge is 2.28. The van der Waals surface area contributed by atoms with Crippen LogP contribution in [0.3, 0.4) is 0 Å². The Bertz CT molecular complexity index is 1120. The molecule has 0 saturated carbocycles. The Balaban J connectivity index is 1.65. The van der Waals surface area contributed by atoms with E-state index >= 15 is 0 Å². The molecule has 1 aliphatic carbocycles. The topological polar surface area (TPSA) is 95.4 Å². The van der Waals surface area contributed by atoms with E-state index in [1.165, 1.54) is 0 Å². The van der Waals surface area contributed by atoms with Gasteiger partial charge in [0.1, 0.15) is 11.8 Å². The van der Waals surface area contributed by atoms with Crippen molar-refractivity contribution in [1.82, 2.24) is 15.0 Å². The Morgan fingerprint density at radius 2 is 2.19 bits per heavy atom. The SMILES string of the molecule is [B]N(CCO)[C@H]1CCc2c(-c3noc(-c4ccc(OC(C)C)c(C#N)c4)n3)cccc21. The third-order valence-electron chi connectivity index (χ3n) is 5.37. The molecule has 2 radical (unpaired) electrons. The van der Waals surface area contributed by atoms with Gasteiger partial charge in [0.05, 0.1) is 18.3 Å². The zero-order chi connectivity index (χ0) is 22.0. The van der Waals surface area contributed by atoms with Crippen LogP contribution in [0.1, 0.15) is 43.0 Å². The van der Waals surface area contributed by atoms with Crippen molar-refractivity contribution in [3.05, 3.63) is 53.1 Å². The molecule has 1 aromatic heterocycles. The Hall–Kier alpha value is -3.15. The highest BCUT2D eigenvalue weighted by Crippen LogP contribution is 2.39. The highest BCUT2D eigenvalue weighted by atomic mass is 16.5. The Kier molecular flexibility index (Phi) is 6.07. The summed E-state index contributed by atoms with van der Waals surface area (Å²) in [4.78, 5) is 6.27. The van der Waals surface area contributed by atoms with Gasteiger partial charge in [0.15, 0.2) is 7.98 Å². The molecule has 0 saturated heterocycles. The first-order chi connectivity index (χ1) is 15.0. The predicted octanol–water partition coefficient (Wildman–Crippen LogP) is 3.43. The van der Waals surface area contributed by atoms with E-state index in [0.717, 1.165) is 29.5 Å². The predicted molar refractivity (Wildman–Crippen MR) is 116 cm³/mol. The van der Waals surface area contributed by atoms with Gasteiger partial charge in [-0.15, -0.1) is 0 Å². The van der Waals surface area contributed by atoms with Crippen molar-refractivity contribution in [2.24, 2.45) is 0 Å². The van der Waals surface area contributed by atoms with Crippen molar-refractivity contribution in [2.75, 3.05) is 13.2 Å². The number of nitriles is 1. The van der Waals surface area contributed by atoms with Crippen LogP contribution in [0.2, 0.25) is 0 Å². The first-order valence-corrected chi connectivity index (χ1v) is 10.3. The molecular formula is C23H23BN4O3. The molecule has 4 rings (SSSR count). The summed E-state index contributed by atoms with van der Waals surface area (Å²) in [7, 11) is 6.13. The summed E-state index contributed by atoms with van der Waals surface area (Å²) in [6, 6.07) is 13.5. The van der Waals surface area contributed by atoms with Gasteiger partial charge in [-0.05, 0) is 56.0 Å². The Morgan fingerprint density at radius 3 is 2.94 bits per heavy atom. The second-order valence-corrected chi connectivity index (χ2v) is 7.80. The number of aliphatic hydroxyl groups is 1. The number of rotatable bonds is 7. The number of hydrogen-bond acceptors (Lipinski definition) is 7. The zero-order valence-corrected chi connectivity index (χ0v) is 17.6. The van der Waals surface area contributed by atoms with Gasteiger partial charge in [0.2, 0.25) is 5.82 Å². The molecule has 0 unspecified atom stereocenters. The van der Waals surface area contributed by atoms with E-state index in [9.17, 15) is 10.4 Å². The fourth-order valence-corrected chi connectivity index (χ4v) is 4.01. The van der Waals surface area contributed by atoms with Gasteiger partial charge in [-0.1, -0.05) is 23.4 Å². The molecule has 7 nitrogen and oxygen atoms in total. The van der Waals surface area contributed by atoms with Gasteiger partial charge in [-0.3, -0.25) is 0 Å². The maximum absolute atomic E-state index is 9.47. The normalized spacial score (nSPS) is 15.3. The van der Waals surface area contributed by atoms with Gasteiger partial charge in [0, 0.05) is 23.7 Å². The molecule has 0 spiro atoms. The number of hydrogen-bond donors (Lipinski definition) is 1. The fourth-order valence-electron chi connectivity index (χ4n) is 4.01. The van der Waals surface area contributed by atoms with E-state index in [1.54, 1.807) is 16.9 Å². The molecule has 3 aromatic rings. The lowest BCUT2D eigenvalue weighted by atomic mass is 10.00. The van der Waals surface area contributed by atoms with E-state index in [4.69, 9.17) is 17.2 Å². The third-order valence-corrected chi connectivity index (χ3v) is 5.37. The molecule has 1 heterocycles. The van der Waals surface area contributed by atoms with Crippen molar-refractivity contribution < 1.29 is 14.4 Å². The molecule has 8 heteroatoms. The van der Waals surface area contributed by atoms with Crippen LogP contribution >= 0.6 is 0 Å². The molecule has 31 heavy (non-hydrogen) atoms. The smallest absolute Gasteiger partial charge is 0.258 e. The maximum Gasteiger partial charge on any atom is 0.258 e. The minimum absolute atomic E-state index is 0.0158. The summed E-state index contributed by atoms with van der Waals surface area (Å²) in [5.74, 6) is 1.37. The molecule has 156 valence electrons. The van der Waals surface area contributed by atoms with Gasteiger partial charge in [-0.2, -0.15) is 10.2 Å². The zero-order valence-electron chi connectivity index (χ0n) is 17.6. The standard InChI is InChI=1S/C23H23BN4O3/c1-14(2)30-21-9-6-15(12-16(21)13-25)23-26-22(27-31-23)19-5-3-4-18-17(19)7-8-20(18)28(24)10-11-29/h3-6,9,12,14,20,29H,7-8,10-11H2,1-2H3/t20-/m0/s1. The number of nitrogens with zero attached hydrogens (tertiary/aromatic N) is 4. The molecule has 1 aliphatic rings. The van der Waals surface area contributed by atoms with Gasteiger partial charge < -0.3 is 19.2 Å². The number of benzene rings is 2. The van der Waals surface area contributed by atoms with Crippen molar-refractivity contribution in [3.63, 3.8) is 0 Å². The summed E-state index contributed by atoms with van der Waals surface area (Å²) in [5, 5.41) is 22.9. The molecule has 0 bridgehead atoms. The lowest BCUT2D eigenvalue weighted by Crippen LogP contribution is -2.27. The lowest BCUT2D eigenvalue weighted by Gasteiger charge is -2.25. The number of ether oxygens (including phenoxy) is 1. The van der Waals surface area contributed by atoms with Gasteiger partial charge in [0.25, 0.3) is 5.89 Å². The minimum atomic E-state index is -0.0289. The molecule has 0 fully saturated rings. The van der Waals surface area contributed by atoms with Crippen molar-refractivity contribution in [3.8, 4) is 34.7 Å². The molecule has 1 atom stereocenters. The Labute approximate surface area is 182 Å². The van der Waals surface area contributed by atoms with Crippen LogP contribution in [0.5, 0.6) is 5.75 Å². The Morgan fingerprint density at radius 1 is 1.35 bits per heavy atom. The molecule has 1 N–H and O–H groups in total. The second-order valence-electron chi connectivity index (χ2n) is 7.80. The first kappa shape index (κ1) is 21.1. The van der Waals surface area contributed by atoms with Crippen LogP contribution in [-0.4, -0.2) is 47.3 Å². The van der Waals surface area contributed by atoms with E-state index in [0.29, 0.717) is 35.1 Å². The average Bonchev–Trinajstić information content (AvgIpc) is 3.41. The van der Waals surface area contributed by atoms with Crippen molar-refractivity contribution in [1.29, 1.82) is 5.26 Å². The second kappa shape index (κ2) is 8.92. The van der Waals surface area contributed by atoms with E-state index in [-0.39, 0.29) is 18.8 Å². The van der Waals surface area contributed by atoms with Crippen molar-refractivity contribution >= 4 is 7.98 Å². The summed E-state index contributed by atoms with van der Waals surface area (Å²) in [6.45, 7) is 4.26. The molecule has 2 aromatic carbocycles. The first-order valence-electron chi connectivity index (χ1n) is 10.3. The molecule has 0 aliphatic heterocycles. The minimum Gasteiger partial charge on any atom is -0.490 e. The van der Waals surface area contributed by atoms with Crippen LogP contribution in [0.25, 0.3) is 22.8 Å². The van der Waals surface area contributed by atoms with Crippen LogP contribution < -0.4 is 4.74 Å². The lowest BCUT2D eigenvalue weighted by molar-refractivity contribution is 0.231. The van der Waals surface area contributed by atoms with E-state index in [1.807, 2.05) is 32.0 Å². The van der Waals surface area contributed by atoms with Crippen LogP contribution in [0.15, 0.2) is 40.9 Å². The maximum atomic E-state index is 9.47. The van der Waals surface area contributed by atoms with Crippen LogP contribution in [-0.2, 0) is 6.42 Å². The molecular weight excluding hydrogens is 391 g/mol. The monoisotopic (exact) mass is 414 g/mol. The van der Waals surface area contributed by atoms with E-state index < -0.39 is 0 Å². The number of fused-ring (bicyclic) bond motifs is 1. The third kappa shape index (κ3) is 4.20. The van der Waals surface area contributed by atoms with E-state index in [2.05, 4.69) is 22.3 Å². The summed E-state index contributed by atoms with van der Waals surface area (Å²) >= 11 is 0. The quantitative estimate of drug-likeness (QED) is 0.592. The van der Waals surface area contributed by atoms with Gasteiger partial charge >= 0.3 is 0 Å². The largest absolute Gasteiger partial charge is 0.490 e. The van der Waals surface area contributed by atoms with Crippen molar-refractivity contribution in [2.45, 2.75) is 38.8 Å². The fraction of sp³-hybridized carbons (Fsp3) is 0.348. The van der Waals surface area contributed by atoms with Gasteiger partial charge in [-0.25, -0.2) is 0 Å². The summed E-state index contributed by atoms with van der Waals surface area (Å²) in [5.41, 5.74) is 4.26. The van der Waals surface area contributed by atoms with Crippen LogP contribution in [0, 0.1) is 11.3 Å². The van der Waals surface area contributed by atoms with Crippen LogP contribution in [0.4, 0.5) is 0 Å². The summed E-state index contributed by atoms with van der Waals surface area (Å²) in [6.07, 6.45) is 1.69. The highest BCUT2D eigenvalue weighted by molar-refractivity contribution is 6.04. The number of aliphatic hydroxyl groups excluding tert-OH is 1. The molecule has 0 amide bonds. The summed E-state index contributed by atoms with van der Waals surface area (Å²) < 4.78 is 11.2. The number of aromatic nitrogens is 2. The average molecular weight is 414 g/mol.